The molecule has 2 aliphatic carbocycles. The van der Waals surface area contributed by atoms with E-state index in [1.54, 1.807) is 0 Å². The van der Waals surface area contributed by atoms with Crippen LogP contribution in [0.2, 0.25) is 5.15 Å². The highest BCUT2D eigenvalue weighted by Gasteiger charge is 2.25. The number of nitrogens with one attached hydrogen (secondary N) is 1. The number of hydrogen-bond donors (Lipinski definition) is 1. The standard InChI is InChI=1S/C39H22N2O.C24H15NO.C15H8ClN/c1-3-13-33-26(9-1)31-21-24(25-16-19-36-32(22-25)27-10-2-4-14-35(27)42-36)15-18-34(31)41(33)37-20-17-29-28-11-5-7-23-8-6-12-30(38(23)28)39(29)40-37;1-3-7-21-17(5-1)19-13-15(9-11-22(19)25-21)16-10-12-24-20(14-16)18-6-2-4-8-23(18)26-24;16-13-8-7-11-10-5-1-3-9-4-2-6-12(14(9)10)15(11)17-13/h1-22H;1-14,25H;1-8H. The van der Waals surface area contributed by atoms with Crippen LogP contribution in [0, 0.1) is 0 Å². The molecule has 2 aliphatic rings. The largest absolute Gasteiger partial charge is 0.456 e. The smallest absolute Gasteiger partial charge is 0.138 e. The van der Waals surface area contributed by atoms with Gasteiger partial charge in [0.15, 0.2) is 0 Å². The average Bonchev–Trinajstić information content (AvgIpc) is 3.98. The van der Waals surface area contributed by atoms with Crippen molar-refractivity contribution in [2.24, 2.45) is 0 Å². The van der Waals surface area contributed by atoms with Crippen molar-refractivity contribution in [2.45, 2.75) is 0 Å². The number of rotatable bonds is 3. The van der Waals surface area contributed by atoms with Crippen molar-refractivity contribution in [1.82, 2.24) is 19.5 Å². The van der Waals surface area contributed by atoms with Crippen LogP contribution in [-0.2, 0) is 0 Å². The van der Waals surface area contributed by atoms with E-state index >= 15 is 0 Å². The summed E-state index contributed by atoms with van der Waals surface area (Å²) in [5.41, 5.74) is 22.5. The van der Waals surface area contributed by atoms with Gasteiger partial charge in [0.2, 0.25) is 0 Å². The van der Waals surface area contributed by atoms with E-state index in [1.807, 2.05) is 30.3 Å². The molecule has 20 rings (SSSR count). The fraction of sp³-hybridized carbons (Fsp3) is 0. The molecular formula is C78H45ClN4O2. The summed E-state index contributed by atoms with van der Waals surface area (Å²) in [5.74, 6) is 0.934. The maximum absolute atomic E-state index is 6.08. The van der Waals surface area contributed by atoms with Gasteiger partial charge < -0.3 is 13.8 Å². The second-order valence-corrected chi connectivity index (χ2v) is 22.5. The van der Waals surface area contributed by atoms with Crippen LogP contribution in [0.5, 0.6) is 0 Å². The number of furan rings is 2. The minimum absolute atomic E-state index is 0.550. The predicted molar refractivity (Wildman–Crippen MR) is 353 cm³/mol. The number of aromatic nitrogens is 4. The van der Waals surface area contributed by atoms with E-state index in [0.717, 1.165) is 72.1 Å². The summed E-state index contributed by atoms with van der Waals surface area (Å²) in [6.45, 7) is 0. The summed E-state index contributed by atoms with van der Waals surface area (Å²) in [6, 6.07) is 94.0. The highest BCUT2D eigenvalue weighted by molar-refractivity contribution is 6.30. The molecule has 0 radical (unpaired) electrons. The zero-order valence-electron chi connectivity index (χ0n) is 45.4. The molecule has 12 aromatic carbocycles. The summed E-state index contributed by atoms with van der Waals surface area (Å²) in [6.07, 6.45) is 0. The van der Waals surface area contributed by atoms with Gasteiger partial charge in [0.1, 0.15) is 33.3 Å². The van der Waals surface area contributed by atoms with Crippen molar-refractivity contribution in [3.8, 4) is 72.8 Å². The van der Waals surface area contributed by atoms with E-state index in [2.05, 4.69) is 251 Å². The number of hydrogen-bond acceptors (Lipinski definition) is 4. The predicted octanol–water partition coefficient (Wildman–Crippen LogP) is 22.0. The Labute approximate surface area is 491 Å². The zero-order chi connectivity index (χ0) is 55.9. The highest BCUT2D eigenvalue weighted by Crippen LogP contribution is 2.49. The van der Waals surface area contributed by atoms with E-state index in [-0.39, 0.29) is 0 Å². The van der Waals surface area contributed by atoms with Crippen LogP contribution < -0.4 is 0 Å². The molecular weight excluding hydrogens is 1060 g/mol. The minimum atomic E-state index is 0.550. The molecule has 85 heavy (non-hydrogen) atoms. The first-order chi connectivity index (χ1) is 42.0. The molecule has 1 N–H and O–H groups in total. The Bertz CT molecular complexity index is 5720. The quantitative estimate of drug-likeness (QED) is 0.179. The van der Waals surface area contributed by atoms with Crippen LogP contribution in [0.15, 0.2) is 276 Å². The molecule has 0 saturated heterocycles. The van der Waals surface area contributed by atoms with Crippen LogP contribution in [-0.4, -0.2) is 19.5 Å². The number of para-hydroxylation sites is 4. The molecule has 6 aromatic heterocycles. The van der Waals surface area contributed by atoms with E-state index in [9.17, 15) is 0 Å². The highest BCUT2D eigenvalue weighted by atomic mass is 35.5. The monoisotopic (exact) mass is 1100 g/mol. The lowest BCUT2D eigenvalue weighted by molar-refractivity contribution is 0.668. The molecule has 6 nitrogen and oxygen atoms in total. The molecule has 18 aromatic rings. The lowest BCUT2D eigenvalue weighted by Crippen LogP contribution is -1.98. The minimum Gasteiger partial charge on any atom is -0.456 e. The number of pyridine rings is 2. The first-order valence-electron chi connectivity index (χ1n) is 28.6. The van der Waals surface area contributed by atoms with Gasteiger partial charge in [0.25, 0.3) is 0 Å². The SMILES string of the molecule is Clc1ccc2c(n1)-c1cccc3cccc-2c13.c1cc2c3c(cccc3c1)-c1nc(-n3c4ccccc4c4cc(-c5ccc6oc7ccccc7c6c5)ccc43)ccc1-2.c1ccc2c(c1)[nH]c1ccc(-c3ccc4oc5ccccc5c4c3)cc12. The topological polar surface area (TPSA) is 72.8 Å². The molecule has 0 spiro atoms. The Kier molecular flexibility index (Phi) is 10.3. The lowest BCUT2D eigenvalue weighted by Gasteiger charge is -2.10. The zero-order valence-corrected chi connectivity index (χ0v) is 46.2. The van der Waals surface area contributed by atoms with Gasteiger partial charge in [0.05, 0.1) is 22.4 Å². The van der Waals surface area contributed by atoms with Crippen LogP contribution in [0.25, 0.3) is 182 Å². The van der Waals surface area contributed by atoms with E-state index in [1.165, 1.54) is 110 Å². The fourth-order valence-electron chi connectivity index (χ4n) is 13.6. The summed E-state index contributed by atoms with van der Waals surface area (Å²) in [5, 5.41) is 15.2. The molecule has 396 valence electrons. The van der Waals surface area contributed by atoms with Crippen LogP contribution in [0.1, 0.15) is 0 Å². The van der Waals surface area contributed by atoms with Gasteiger partial charge in [-0.05, 0) is 152 Å². The van der Waals surface area contributed by atoms with Crippen molar-refractivity contribution in [1.29, 1.82) is 0 Å². The summed E-state index contributed by atoms with van der Waals surface area (Å²) < 4.78 is 14.3. The van der Waals surface area contributed by atoms with Crippen molar-refractivity contribution in [3.05, 3.63) is 272 Å². The fourth-order valence-corrected chi connectivity index (χ4v) is 13.8. The molecule has 0 fully saturated rings. The Hall–Kier alpha value is -11.1. The first kappa shape index (κ1) is 47.6. The molecule has 0 bridgehead atoms. The summed E-state index contributed by atoms with van der Waals surface area (Å²) in [7, 11) is 0. The molecule has 0 amide bonds. The third-order valence-corrected chi connectivity index (χ3v) is 17.7. The Morgan fingerprint density at radius 2 is 0.765 bits per heavy atom. The first-order valence-corrected chi connectivity index (χ1v) is 29.0. The molecule has 7 heteroatoms. The van der Waals surface area contributed by atoms with Gasteiger partial charge in [0, 0.05) is 76.4 Å². The maximum atomic E-state index is 6.08. The summed E-state index contributed by atoms with van der Waals surface area (Å²) >= 11 is 5.99. The molecule has 0 unspecified atom stereocenters. The van der Waals surface area contributed by atoms with E-state index in [0.29, 0.717) is 5.15 Å². The average molecular weight is 1110 g/mol. The van der Waals surface area contributed by atoms with Crippen molar-refractivity contribution in [3.63, 3.8) is 0 Å². The third kappa shape index (κ3) is 7.39. The van der Waals surface area contributed by atoms with Crippen molar-refractivity contribution in [2.75, 3.05) is 0 Å². The number of fused-ring (bicyclic) bond motifs is 18. The Morgan fingerprint density at radius 3 is 1.40 bits per heavy atom. The van der Waals surface area contributed by atoms with Gasteiger partial charge in [-0.2, -0.15) is 0 Å². The van der Waals surface area contributed by atoms with Crippen LogP contribution in [0.3, 0.4) is 0 Å². The number of aromatic amines is 1. The van der Waals surface area contributed by atoms with Gasteiger partial charge in [-0.3, -0.25) is 4.57 Å². The van der Waals surface area contributed by atoms with Crippen molar-refractivity contribution < 1.29 is 8.83 Å². The second kappa shape index (κ2) is 18.5. The van der Waals surface area contributed by atoms with Gasteiger partial charge >= 0.3 is 0 Å². The second-order valence-electron chi connectivity index (χ2n) is 22.1. The van der Waals surface area contributed by atoms with Crippen LogP contribution >= 0.6 is 11.6 Å². The van der Waals surface area contributed by atoms with E-state index < -0.39 is 0 Å². The maximum Gasteiger partial charge on any atom is 0.138 e. The number of halogens is 1. The summed E-state index contributed by atoms with van der Waals surface area (Å²) in [4.78, 5) is 13.3. The third-order valence-electron chi connectivity index (χ3n) is 17.5. The van der Waals surface area contributed by atoms with Crippen LogP contribution in [0.4, 0.5) is 0 Å². The normalized spacial score (nSPS) is 12.1. The number of benzene rings is 12. The number of nitrogens with zero attached hydrogens (tertiary/aromatic N) is 3. The van der Waals surface area contributed by atoms with Gasteiger partial charge in [-0.15, -0.1) is 0 Å². The lowest BCUT2D eigenvalue weighted by atomic mass is 10.0. The molecule has 0 atom stereocenters. The molecule has 0 aliphatic heterocycles. The van der Waals surface area contributed by atoms with Gasteiger partial charge in [-0.25, -0.2) is 9.97 Å². The van der Waals surface area contributed by atoms with E-state index in [4.69, 9.17) is 25.4 Å². The molecule has 0 saturated carbocycles. The van der Waals surface area contributed by atoms with Gasteiger partial charge in [-0.1, -0.05) is 181 Å². The molecule has 6 heterocycles. The Balaban J connectivity index is 0.000000108. The Morgan fingerprint density at radius 1 is 0.306 bits per heavy atom. The number of H-pyrrole nitrogens is 1. The van der Waals surface area contributed by atoms with Crippen molar-refractivity contribution >= 4 is 121 Å².